The summed E-state index contributed by atoms with van der Waals surface area (Å²) in [6, 6.07) is 15.1. The standard InChI is InChI=1S/C15H13N3OS/c16-15(20)17-11-5-7-12(8-6-11)18-9-10-3-1-2-4-13(10)14(18)19/h1-8H,9H2,(H3,16,17,20). The lowest BCUT2D eigenvalue weighted by atomic mass is 10.1. The zero-order valence-electron chi connectivity index (χ0n) is 10.7. The normalized spacial score (nSPS) is 13.2. The van der Waals surface area contributed by atoms with Crippen LogP contribution in [-0.4, -0.2) is 11.0 Å². The second-order valence-corrected chi connectivity index (χ2v) is 5.02. The number of fused-ring (bicyclic) bond motifs is 1. The Morgan fingerprint density at radius 2 is 1.85 bits per heavy atom. The molecule has 0 fully saturated rings. The Hall–Kier alpha value is -2.40. The molecule has 20 heavy (non-hydrogen) atoms. The van der Waals surface area contributed by atoms with E-state index in [2.05, 4.69) is 5.32 Å². The van der Waals surface area contributed by atoms with Gasteiger partial charge in [-0.05, 0) is 48.1 Å². The largest absolute Gasteiger partial charge is 0.376 e. The van der Waals surface area contributed by atoms with Gasteiger partial charge in [0, 0.05) is 16.9 Å². The monoisotopic (exact) mass is 283 g/mol. The molecule has 3 N–H and O–H groups in total. The van der Waals surface area contributed by atoms with Gasteiger partial charge in [-0.3, -0.25) is 4.79 Å². The van der Waals surface area contributed by atoms with Gasteiger partial charge in [-0.15, -0.1) is 0 Å². The zero-order valence-corrected chi connectivity index (χ0v) is 11.5. The quantitative estimate of drug-likeness (QED) is 0.831. The highest BCUT2D eigenvalue weighted by atomic mass is 32.1. The predicted molar refractivity (Wildman–Crippen MR) is 83.8 cm³/mol. The van der Waals surface area contributed by atoms with Crippen molar-refractivity contribution in [2.24, 2.45) is 5.73 Å². The fourth-order valence-electron chi connectivity index (χ4n) is 2.33. The summed E-state index contributed by atoms with van der Waals surface area (Å²) in [5.74, 6) is 0.0376. The highest BCUT2D eigenvalue weighted by molar-refractivity contribution is 7.80. The molecule has 0 atom stereocenters. The van der Waals surface area contributed by atoms with Gasteiger partial charge in [0.1, 0.15) is 0 Å². The number of hydrogen-bond donors (Lipinski definition) is 2. The number of carbonyl (C=O) groups excluding carboxylic acids is 1. The van der Waals surface area contributed by atoms with E-state index in [1.54, 1.807) is 4.90 Å². The number of anilines is 2. The fourth-order valence-corrected chi connectivity index (χ4v) is 2.45. The molecule has 1 aliphatic rings. The van der Waals surface area contributed by atoms with Crippen LogP contribution in [0.3, 0.4) is 0 Å². The number of amides is 1. The van der Waals surface area contributed by atoms with Crippen LogP contribution < -0.4 is 16.0 Å². The van der Waals surface area contributed by atoms with Gasteiger partial charge in [-0.1, -0.05) is 18.2 Å². The first kappa shape index (κ1) is 12.6. The summed E-state index contributed by atoms with van der Waals surface area (Å²) in [6.45, 7) is 0.608. The first-order valence-corrected chi connectivity index (χ1v) is 6.62. The minimum Gasteiger partial charge on any atom is -0.376 e. The Labute approximate surface area is 122 Å². The van der Waals surface area contributed by atoms with Crippen molar-refractivity contribution in [1.29, 1.82) is 0 Å². The average Bonchev–Trinajstić information content (AvgIpc) is 2.77. The Morgan fingerprint density at radius 1 is 1.15 bits per heavy atom. The van der Waals surface area contributed by atoms with Crippen LogP contribution >= 0.6 is 12.2 Å². The van der Waals surface area contributed by atoms with E-state index in [0.29, 0.717) is 6.54 Å². The SMILES string of the molecule is NC(=S)Nc1ccc(N2Cc3ccccc3C2=O)cc1. The first-order chi connectivity index (χ1) is 9.65. The van der Waals surface area contributed by atoms with Gasteiger partial charge in [-0.2, -0.15) is 0 Å². The molecule has 1 aliphatic heterocycles. The predicted octanol–water partition coefficient (Wildman–Crippen LogP) is 2.50. The number of nitrogens with zero attached hydrogens (tertiary/aromatic N) is 1. The molecule has 0 spiro atoms. The molecule has 2 aromatic carbocycles. The number of hydrogen-bond acceptors (Lipinski definition) is 2. The van der Waals surface area contributed by atoms with Crippen LogP contribution in [-0.2, 0) is 6.54 Å². The summed E-state index contributed by atoms with van der Waals surface area (Å²) in [6.07, 6.45) is 0. The van der Waals surface area contributed by atoms with Crippen LogP contribution in [0.4, 0.5) is 11.4 Å². The molecule has 0 saturated heterocycles. The van der Waals surface area contributed by atoms with E-state index in [1.165, 1.54) is 0 Å². The second-order valence-electron chi connectivity index (χ2n) is 4.58. The van der Waals surface area contributed by atoms with Crippen LogP contribution in [0.25, 0.3) is 0 Å². The van der Waals surface area contributed by atoms with E-state index in [0.717, 1.165) is 22.5 Å². The maximum absolute atomic E-state index is 12.3. The van der Waals surface area contributed by atoms with Crippen LogP contribution in [0.2, 0.25) is 0 Å². The van der Waals surface area contributed by atoms with Crippen LogP contribution in [0, 0.1) is 0 Å². The summed E-state index contributed by atoms with van der Waals surface area (Å²) < 4.78 is 0. The number of carbonyl (C=O) groups is 1. The summed E-state index contributed by atoms with van der Waals surface area (Å²) in [4.78, 5) is 14.1. The summed E-state index contributed by atoms with van der Waals surface area (Å²) in [5, 5.41) is 3.08. The lowest BCUT2D eigenvalue weighted by Crippen LogP contribution is -2.23. The summed E-state index contributed by atoms with van der Waals surface area (Å²) in [7, 11) is 0. The summed E-state index contributed by atoms with van der Waals surface area (Å²) >= 11 is 4.79. The van der Waals surface area contributed by atoms with Gasteiger partial charge in [-0.25, -0.2) is 0 Å². The molecule has 4 nitrogen and oxygen atoms in total. The third kappa shape index (κ3) is 2.23. The molecular weight excluding hydrogens is 270 g/mol. The third-order valence-corrected chi connectivity index (χ3v) is 3.37. The van der Waals surface area contributed by atoms with Gasteiger partial charge in [0.15, 0.2) is 5.11 Å². The number of rotatable bonds is 2. The molecular formula is C15H13N3OS. The van der Waals surface area contributed by atoms with Crippen LogP contribution in [0.1, 0.15) is 15.9 Å². The molecule has 0 aliphatic carbocycles. The molecule has 0 aromatic heterocycles. The number of nitrogens with one attached hydrogen (secondary N) is 1. The number of nitrogens with two attached hydrogens (primary N) is 1. The van der Waals surface area contributed by atoms with Gasteiger partial charge in [0.05, 0.1) is 6.54 Å². The van der Waals surface area contributed by atoms with Crippen molar-refractivity contribution in [3.8, 4) is 0 Å². The van der Waals surface area contributed by atoms with Crippen molar-refractivity contribution >= 4 is 34.6 Å². The van der Waals surface area contributed by atoms with E-state index < -0.39 is 0 Å². The molecule has 1 amide bonds. The van der Waals surface area contributed by atoms with Crippen molar-refractivity contribution in [1.82, 2.24) is 0 Å². The molecule has 0 bridgehead atoms. The van der Waals surface area contributed by atoms with E-state index in [-0.39, 0.29) is 11.0 Å². The van der Waals surface area contributed by atoms with Crippen molar-refractivity contribution in [3.05, 3.63) is 59.7 Å². The van der Waals surface area contributed by atoms with Crippen molar-refractivity contribution in [2.75, 3.05) is 10.2 Å². The molecule has 2 aromatic rings. The first-order valence-electron chi connectivity index (χ1n) is 6.21. The second kappa shape index (κ2) is 4.94. The molecule has 3 rings (SSSR count). The number of thiocarbonyl (C=S) groups is 1. The van der Waals surface area contributed by atoms with Gasteiger partial charge >= 0.3 is 0 Å². The lowest BCUT2D eigenvalue weighted by Gasteiger charge is -2.16. The molecule has 1 heterocycles. The van der Waals surface area contributed by atoms with Crippen molar-refractivity contribution in [2.45, 2.75) is 6.54 Å². The zero-order chi connectivity index (χ0) is 14.1. The third-order valence-electron chi connectivity index (χ3n) is 3.27. The minimum atomic E-state index is 0.0376. The molecule has 100 valence electrons. The maximum atomic E-state index is 12.3. The lowest BCUT2D eigenvalue weighted by molar-refractivity contribution is 0.0996. The summed E-state index contributed by atoms with van der Waals surface area (Å²) in [5.41, 5.74) is 8.93. The van der Waals surface area contributed by atoms with Crippen molar-refractivity contribution in [3.63, 3.8) is 0 Å². The molecule has 0 unspecified atom stereocenters. The Kier molecular flexibility index (Phi) is 3.12. The van der Waals surface area contributed by atoms with E-state index in [1.807, 2.05) is 48.5 Å². The Bertz CT molecular complexity index is 682. The Balaban J connectivity index is 1.85. The van der Waals surface area contributed by atoms with E-state index >= 15 is 0 Å². The van der Waals surface area contributed by atoms with Gasteiger partial charge < -0.3 is 16.0 Å². The fraction of sp³-hybridized carbons (Fsp3) is 0.0667. The maximum Gasteiger partial charge on any atom is 0.258 e. The highest BCUT2D eigenvalue weighted by Crippen LogP contribution is 2.28. The molecule has 0 saturated carbocycles. The van der Waals surface area contributed by atoms with Crippen LogP contribution in [0.15, 0.2) is 48.5 Å². The minimum absolute atomic E-state index is 0.0376. The average molecular weight is 283 g/mol. The van der Waals surface area contributed by atoms with Crippen molar-refractivity contribution < 1.29 is 4.79 Å². The number of benzene rings is 2. The van der Waals surface area contributed by atoms with Gasteiger partial charge in [0.25, 0.3) is 5.91 Å². The van der Waals surface area contributed by atoms with E-state index in [9.17, 15) is 4.79 Å². The highest BCUT2D eigenvalue weighted by Gasteiger charge is 2.27. The molecule has 5 heteroatoms. The van der Waals surface area contributed by atoms with Crippen LogP contribution in [0.5, 0.6) is 0 Å². The topological polar surface area (TPSA) is 58.4 Å². The Morgan fingerprint density at radius 3 is 2.50 bits per heavy atom. The van der Waals surface area contributed by atoms with E-state index in [4.69, 9.17) is 18.0 Å². The van der Waals surface area contributed by atoms with Gasteiger partial charge in [0.2, 0.25) is 0 Å². The molecule has 0 radical (unpaired) electrons. The smallest absolute Gasteiger partial charge is 0.258 e.